The highest BCUT2D eigenvalue weighted by molar-refractivity contribution is 5.81. The van der Waals surface area contributed by atoms with Gasteiger partial charge in [-0.25, -0.2) is 17.6 Å². The van der Waals surface area contributed by atoms with E-state index < -0.39 is 35.8 Å². The lowest BCUT2D eigenvalue weighted by Crippen LogP contribution is -2.34. The molecule has 0 aromatic carbocycles. The Hall–Kier alpha value is -2.52. The minimum absolute atomic E-state index is 0.0863. The predicted octanol–water partition coefficient (Wildman–Crippen LogP) is 5.66. The predicted molar refractivity (Wildman–Crippen MR) is 98.0 cm³/mol. The van der Waals surface area contributed by atoms with Crippen LogP contribution in [0.25, 0.3) is 20.9 Å². The molecule has 2 aliphatic carbocycles. The fourth-order valence-electron chi connectivity index (χ4n) is 3.72. The molecule has 0 spiro atoms. The highest BCUT2D eigenvalue weighted by Crippen LogP contribution is 2.39. The second-order valence-electron chi connectivity index (χ2n) is 7.64. The van der Waals surface area contributed by atoms with Crippen molar-refractivity contribution in [2.45, 2.75) is 82.2 Å². The van der Waals surface area contributed by atoms with E-state index in [1.54, 1.807) is 0 Å². The number of ketones is 1. The Balaban J connectivity index is 0.000000300. The average Bonchev–Trinajstić information content (AvgIpc) is 2.65. The number of hydrogen-bond acceptors (Lipinski definition) is 4. The van der Waals surface area contributed by atoms with E-state index in [-0.39, 0.29) is 63.1 Å². The average molecular weight is 436 g/mol. The third kappa shape index (κ3) is 8.08. The van der Waals surface area contributed by atoms with E-state index in [0.29, 0.717) is 0 Å². The van der Waals surface area contributed by atoms with Gasteiger partial charge < -0.3 is 5.11 Å². The number of carbonyl (C=O) groups is 2. The van der Waals surface area contributed by atoms with Gasteiger partial charge in [0.15, 0.2) is 0 Å². The summed E-state index contributed by atoms with van der Waals surface area (Å²) in [5, 5.41) is 15.2. The van der Waals surface area contributed by atoms with Gasteiger partial charge in [0.25, 0.3) is 0 Å². The summed E-state index contributed by atoms with van der Waals surface area (Å²) in [7, 11) is 0. The molecule has 0 aliphatic heterocycles. The summed E-state index contributed by atoms with van der Waals surface area (Å²) in [5.74, 6) is -7.51. The number of halogens is 4. The summed E-state index contributed by atoms with van der Waals surface area (Å²) in [6, 6.07) is -1.99. The molecule has 0 radical (unpaired) electrons. The molecule has 0 aromatic heterocycles. The number of carboxylic acid groups (broad SMARTS) is 1. The Morgan fingerprint density at radius 3 is 1.50 bits per heavy atom. The van der Waals surface area contributed by atoms with Crippen molar-refractivity contribution < 1.29 is 32.3 Å². The number of aliphatic carboxylic acids is 1. The van der Waals surface area contributed by atoms with Crippen molar-refractivity contribution in [1.82, 2.24) is 0 Å². The van der Waals surface area contributed by atoms with Crippen LogP contribution in [0.1, 0.15) is 58.3 Å². The monoisotopic (exact) mass is 436 g/mol. The summed E-state index contributed by atoms with van der Waals surface area (Å²) in [5.41, 5.74) is 16.4. The van der Waals surface area contributed by atoms with Crippen molar-refractivity contribution >= 4 is 11.8 Å². The molecule has 2 fully saturated rings. The van der Waals surface area contributed by atoms with E-state index >= 15 is 0 Å². The molecule has 1 N–H and O–H groups in total. The molecule has 168 valence electrons. The van der Waals surface area contributed by atoms with E-state index in [0.717, 1.165) is 0 Å². The van der Waals surface area contributed by atoms with Crippen LogP contribution in [0.15, 0.2) is 10.2 Å². The Bertz CT molecular complexity index is 638. The molecule has 0 unspecified atom stereocenters. The Labute approximate surface area is 170 Å². The van der Waals surface area contributed by atoms with Crippen molar-refractivity contribution in [3.05, 3.63) is 20.9 Å². The number of azide groups is 2. The summed E-state index contributed by atoms with van der Waals surface area (Å²) >= 11 is 0. The maximum Gasteiger partial charge on any atom is 0.312 e. The number of carbonyl (C=O) groups excluding carboxylic acids is 1. The van der Waals surface area contributed by atoms with Gasteiger partial charge in [-0.3, -0.25) is 9.59 Å². The summed E-state index contributed by atoms with van der Waals surface area (Å²) in [6.45, 7) is 1.33. The van der Waals surface area contributed by atoms with Crippen LogP contribution < -0.4 is 0 Å². The van der Waals surface area contributed by atoms with Crippen molar-refractivity contribution in [1.29, 1.82) is 0 Å². The van der Waals surface area contributed by atoms with Crippen molar-refractivity contribution in [3.63, 3.8) is 0 Å². The minimum Gasteiger partial charge on any atom is -0.481 e. The highest BCUT2D eigenvalue weighted by atomic mass is 19.3. The molecule has 2 atom stereocenters. The van der Waals surface area contributed by atoms with E-state index in [2.05, 4.69) is 20.1 Å². The van der Waals surface area contributed by atoms with Gasteiger partial charge in [0, 0.05) is 35.5 Å². The smallest absolute Gasteiger partial charge is 0.312 e. The van der Waals surface area contributed by atoms with Gasteiger partial charge in [0.1, 0.15) is 11.8 Å². The first-order valence-corrected chi connectivity index (χ1v) is 9.50. The number of Topliss-reactive ketones (excluding diaryl/α,β-unsaturated/α-hetero) is 1. The molecule has 0 aromatic rings. The summed E-state index contributed by atoms with van der Waals surface area (Å²) in [6.07, 6.45) is -0.436. The standard InChI is InChI=1S/C9H13F2N3O.C8H11F2N3O2/c1-6(15)8(13-14-12)7-2-4-9(10,11)5-3-7;9-8(10)3-1-5(2-4-8)6(7(14)15)12-13-11/h7-8H,2-5H2,1H3;5-6H,1-4H2,(H,14,15)/t8-;6-/m10/s1. The van der Waals surface area contributed by atoms with Gasteiger partial charge in [0.2, 0.25) is 11.8 Å². The Kier molecular flexibility index (Phi) is 9.38. The quantitative estimate of drug-likeness (QED) is 0.247. The first kappa shape index (κ1) is 25.5. The molecular formula is C17H24F4N6O3. The lowest BCUT2D eigenvalue weighted by Gasteiger charge is -2.30. The van der Waals surface area contributed by atoms with Crippen LogP contribution in [0.3, 0.4) is 0 Å². The number of alkyl halides is 4. The van der Waals surface area contributed by atoms with Crippen molar-refractivity contribution in [3.8, 4) is 0 Å². The fraction of sp³-hybridized carbons (Fsp3) is 0.882. The topological polar surface area (TPSA) is 152 Å². The molecule has 9 nitrogen and oxygen atoms in total. The van der Waals surface area contributed by atoms with E-state index in [4.69, 9.17) is 16.2 Å². The van der Waals surface area contributed by atoms with E-state index in [1.807, 2.05) is 0 Å². The van der Waals surface area contributed by atoms with Gasteiger partial charge in [-0.15, -0.1) is 0 Å². The van der Waals surface area contributed by atoms with E-state index in [1.165, 1.54) is 6.92 Å². The van der Waals surface area contributed by atoms with Crippen molar-refractivity contribution in [2.24, 2.45) is 22.1 Å². The molecule has 30 heavy (non-hydrogen) atoms. The van der Waals surface area contributed by atoms with Crippen LogP contribution >= 0.6 is 0 Å². The third-order valence-corrected chi connectivity index (χ3v) is 5.44. The zero-order chi connectivity index (χ0) is 22.9. The fourth-order valence-corrected chi connectivity index (χ4v) is 3.72. The largest absolute Gasteiger partial charge is 0.481 e. The maximum atomic E-state index is 12.8. The summed E-state index contributed by atoms with van der Waals surface area (Å²) < 4.78 is 51.2. The number of nitrogens with zero attached hydrogens (tertiary/aromatic N) is 6. The second-order valence-corrected chi connectivity index (χ2v) is 7.64. The SMILES string of the molecule is CC(=O)[C@@H](N=[N+]=[N-])C1CCC(F)(F)CC1.[N-]=[N+]=N[C@H](C(=O)O)C1CCC(F)(F)CC1. The Morgan fingerprint density at radius 2 is 1.20 bits per heavy atom. The lowest BCUT2D eigenvalue weighted by atomic mass is 9.81. The third-order valence-electron chi connectivity index (χ3n) is 5.44. The molecule has 2 saturated carbocycles. The Morgan fingerprint density at radius 1 is 0.867 bits per heavy atom. The molecule has 0 bridgehead atoms. The number of carboxylic acids is 1. The summed E-state index contributed by atoms with van der Waals surface area (Å²) in [4.78, 5) is 26.9. The highest BCUT2D eigenvalue weighted by Gasteiger charge is 2.40. The maximum absolute atomic E-state index is 12.8. The molecule has 0 saturated heterocycles. The zero-order valence-electron chi connectivity index (χ0n) is 16.4. The zero-order valence-corrected chi connectivity index (χ0v) is 16.4. The lowest BCUT2D eigenvalue weighted by molar-refractivity contribution is -0.141. The van der Waals surface area contributed by atoms with Crippen LogP contribution in [0, 0.1) is 11.8 Å². The van der Waals surface area contributed by atoms with Crippen molar-refractivity contribution in [2.75, 3.05) is 0 Å². The molecule has 0 amide bonds. The first-order chi connectivity index (χ1) is 13.9. The molecule has 0 heterocycles. The van der Waals surface area contributed by atoms with Crippen LogP contribution in [0.4, 0.5) is 17.6 Å². The first-order valence-electron chi connectivity index (χ1n) is 9.50. The van der Waals surface area contributed by atoms with Crippen LogP contribution in [-0.4, -0.2) is 40.8 Å². The van der Waals surface area contributed by atoms with Gasteiger partial charge in [0.05, 0.1) is 6.04 Å². The molecule has 2 rings (SSSR count). The van der Waals surface area contributed by atoms with Gasteiger partial charge in [-0.05, 0) is 55.5 Å². The minimum atomic E-state index is -2.70. The normalized spacial score (nSPS) is 22.8. The van der Waals surface area contributed by atoms with Gasteiger partial charge >= 0.3 is 5.97 Å². The van der Waals surface area contributed by atoms with Crippen LogP contribution in [-0.2, 0) is 9.59 Å². The molecule has 2 aliphatic rings. The molecule has 13 heteroatoms. The number of hydrogen-bond donors (Lipinski definition) is 1. The number of rotatable bonds is 6. The molecular weight excluding hydrogens is 412 g/mol. The van der Waals surface area contributed by atoms with Crippen LogP contribution in [0.5, 0.6) is 0 Å². The van der Waals surface area contributed by atoms with Gasteiger partial charge in [-0.1, -0.05) is 10.2 Å². The van der Waals surface area contributed by atoms with E-state index in [9.17, 15) is 27.2 Å². The second kappa shape index (κ2) is 11.0. The van der Waals surface area contributed by atoms with Crippen LogP contribution in [0.2, 0.25) is 0 Å². The van der Waals surface area contributed by atoms with Gasteiger partial charge in [-0.2, -0.15) is 0 Å².